The lowest BCUT2D eigenvalue weighted by molar-refractivity contribution is -0.142. The number of benzene rings is 2. The van der Waals surface area contributed by atoms with Crippen LogP contribution >= 0.6 is 0 Å². The van der Waals surface area contributed by atoms with Crippen molar-refractivity contribution in [3.05, 3.63) is 65.5 Å². The molecule has 8 heteroatoms. The Morgan fingerprint density at radius 3 is 2.47 bits per heavy atom. The van der Waals surface area contributed by atoms with E-state index >= 15 is 0 Å². The second-order valence-corrected chi connectivity index (χ2v) is 8.62. The van der Waals surface area contributed by atoms with Crippen molar-refractivity contribution in [3.63, 3.8) is 0 Å². The van der Waals surface area contributed by atoms with Gasteiger partial charge < -0.3 is 19.8 Å². The molecule has 1 aliphatic carbocycles. The molecule has 1 aromatic heterocycles. The molecule has 0 saturated heterocycles. The number of nitrogens with one attached hydrogen (secondary N) is 2. The first kappa shape index (κ1) is 23.5. The fourth-order valence-electron chi connectivity index (χ4n) is 4.47. The minimum Gasteiger partial charge on any atom is -0.469 e. The van der Waals surface area contributed by atoms with Gasteiger partial charge in [0.25, 0.3) is 0 Å². The van der Waals surface area contributed by atoms with Gasteiger partial charge in [0.1, 0.15) is 0 Å². The Kier molecular flexibility index (Phi) is 7.57. The van der Waals surface area contributed by atoms with Crippen molar-refractivity contribution in [1.82, 2.24) is 10.2 Å². The number of rotatable bonds is 8. The summed E-state index contributed by atoms with van der Waals surface area (Å²) in [6.07, 6.45) is 5.50. The second kappa shape index (κ2) is 11.0. The normalized spacial score (nSPS) is 17.7. The zero-order chi connectivity index (χ0) is 23.9. The molecule has 178 valence electrons. The van der Waals surface area contributed by atoms with Gasteiger partial charge in [-0.05, 0) is 73.3 Å². The van der Waals surface area contributed by atoms with E-state index in [-0.39, 0.29) is 17.9 Å². The topological polar surface area (TPSA) is 106 Å². The molecule has 3 aromatic rings. The van der Waals surface area contributed by atoms with Crippen LogP contribution in [0.3, 0.4) is 0 Å². The summed E-state index contributed by atoms with van der Waals surface area (Å²) in [6, 6.07) is 15.9. The number of aryl methyl sites for hydroxylation is 1. The number of amides is 1. The average molecular weight is 463 g/mol. The molecule has 1 saturated carbocycles. The van der Waals surface area contributed by atoms with Crippen molar-refractivity contribution >= 4 is 29.3 Å². The van der Waals surface area contributed by atoms with Crippen molar-refractivity contribution in [2.24, 2.45) is 5.92 Å². The maximum absolute atomic E-state index is 12.6. The number of aromatic nitrogens is 2. The molecule has 2 aromatic carbocycles. The van der Waals surface area contributed by atoms with Gasteiger partial charge in [-0.25, -0.2) is 0 Å². The quantitative estimate of drug-likeness (QED) is 0.428. The molecule has 1 fully saturated rings. The third-order valence-electron chi connectivity index (χ3n) is 6.43. The summed E-state index contributed by atoms with van der Waals surface area (Å²) in [6.45, 7) is 2.06. The Balaban J connectivity index is 1.31. The standard InChI is InChI=1S/C26H30N4O4/c1-3-18-6-4-5-7-22(18)28-26-30-29-25(34-26)24(32)27-21-14-12-20(13-15-21)19-10-8-17(9-11-19)16-23(31)33-2/h4-7,12-15,17,19H,3,8-11,16H2,1-2H3,(H,27,32)(H,28,30). The third kappa shape index (κ3) is 5.81. The summed E-state index contributed by atoms with van der Waals surface area (Å²) in [5, 5.41) is 13.7. The first-order chi connectivity index (χ1) is 16.6. The molecule has 0 spiro atoms. The molecule has 1 aliphatic rings. The van der Waals surface area contributed by atoms with E-state index in [2.05, 4.69) is 27.8 Å². The molecule has 0 radical (unpaired) electrons. The van der Waals surface area contributed by atoms with Crippen LogP contribution < -0.4 is 10.6 Å². The molecular formula is C26H30N4O4. The van der Waals surface area contributed by atoms with Crippen LogP contribution in [0.2, 0.25) is 0 Å². The highest BCUT2D eigenvalue weighted by molar-refractivity contribution is 6.00. The van der Waals surface area contributed by atoms with E-state index in [0.717, 1.165) is 43.4 Å². The van der Waals surface area contributed by atoms with Crippen LogP contribution in [0.5, 0.6) is 0 Å². The summed E-state index contributed by atoms with van der Waals surface area (Å²) < 4.78 is 10.3. The smallest absolute Gasteiger partial charge is 0.320 e. The van der Waals surface area contributed by atoms with Gasteiger partial charge in [0.05, 0.1) is 7.11 Å². The van der Waals surface area contributed by atoms with E-state index in [0.29, 0.717) is 23.9 Å². The Labute approximate surface area is 199 Å². The van der Waals surface area contributed by atoms with E-state index in [4.69, 9.17) is 9.15 Å². The number of hydrogen-bond acceptors (Lipinski definition) is 7. The lowest BCUT2D eigenvalue weighted by Gasteiger charge is -2.28. The number of esters is 1. The van der Waals surface area contributed by atoms with Gasteiger partial charge in [0, 0.05) is 17.8 Å². The van der Waals surface area contributed by atoms with Crippen LogP contribution in [0.1, 0.15) is 66.8 Å². The van der Waals surface area contributed by atoms with E-state index in [1.165, 1.54) is 12.7 Å². The van der Waals surface area contributed by atoms with Crippen molar-refractivity contribution < 1.29 is 18.7 Å². The maximum atomic E-state index is 12.6. The molecule has 2 N–H and O–H groups in total. The predicted molar refractivity (Wildman–Crippen MR) is 129 cm³/mol. The number of carbonyl (C=O) groups is 2. The summed E-state index contributed by atoms with van der Waals surface area (Å²) >= 11 is 0. The fraction of sp³-hybridized carbons (Fsp3) is 0.385. The molecule has 4 rings (SSSR count). The number of ether oxygens (including phenoxy) is 1. The van der Waals surface area contributed by atoms with Crippen LogP contribution in [0.15, 0.2) is 52.9 Å². The number of anilines is 3. The zero-order valence-corrected chi connectivity index (χ0v) is 19.5. The molecule has 34 heavy (non-hydrogen) atoms. The van der Waals surface area contributed by atoms with Gasteiger partial charge in [-0.3, -0.25) is 9.59 Å². The summed E-state index contributed by atoms with van der Waals surface area (Å²) in [4.78, 5) is 24.1. The summed E-state index contributed by atoms with van der Waals surface area (Å²) in [5.41, 5.74) is 3.89. The van der Waals surface area contributed by atoms with Crippen LogP contribution in [-0.4, -0.2) is 29.2 Å². The lowest BCUT2D eigenvalue weighted by atomic mass is 9.77. The molecule has 8 nitrogen and oxygen atoms in total. The molecule has 0 bridgehead atoms. The van der Waals surface area contributed by atoms with Crippen molar-refractivity contribution in [1.29, 1.82) is 0 Å². The van der Waals surface area contributed by atoms with Crippen molar-refractivity contribution in [3.8, 4) is 0 Å². The first-order valence-corrected chi connectivity index (χ1v) is 11.7. The molecule has 1 amide bonds. The molecule has 1 heterocycles. The lowest BCUT2D eigenvalue weighted by Crippen LogP contribution is -2.17. The van der Waals surface area contributed by atoms with Gasteiger partial charge in [0.15, 0.2) is 0 Å². The van der Waals surface area contributed by atoms with Crippen LogP contribution in [0.25, 0.3) is 0 Å². The minimum absolute atomic E-state index is 0.107. The molecule has 0 atom stereocenters. The number of methoxy groups -OCH3 is 1. The predicted octanol–water partition coefficient (Wildman–Crippen LogP) is 5.46. The van der Waals surface area contributed by atoms with Gasteiger partial charge in [-0.15, -0.1) is 5.10 Å². The summed E-state index contributed by atoms with van der Waals surface area (Å²) in [7, 11) is 1.44. The Bertz CT molecular complexity index is 1120. The Hall–Kier alpha value is -3.68. The minimum atomic E-state index is -0.458. The fourth-order valence-corrected chi connectivity index (χ4v) is 4.47. The average Bonchev–Trinajstić information content (AvgIpc) is 3.34. The SMILES string of the molecule is CCc1ccccc1Nc1nnc(C(=O)Nc2ccc(C3CCC(CC(=O)OC)CC3)cc2)o1. The van der Waals surface area contributed by atoms with Crippen molar-refractivity contribution in [2.45, 2.75) is 51.4 Å². The number of para-hydroxylation sites is 1. The summed E-state index contributed by atoms with van der Waals surface area (Å²) in [5.74, 6) is 0.184. The first-order valence-electron chi connectivity index (χ1n) is 11.7. The highest BCUT2D eigenvalue weighted by Gasteiger charge is 2.24. The number of nitrogens with zero attached hydrogens (tertiary/aromatic N) is 2. The van der Waals surface area contributed by atoms with Gasteiger partial charge in [-0.1, -0.05) is 42.4 Å². The Morgan fingerprint density at radius 2 is 1.76 bits per heavy atom. The van der Waals surface area contributed by atoms with Gasteiger partial charge in [-0.2, -0.15) is 0 Å². The molecule has 0 aliphatic heterocycles. The second-order valence-electron chi connectivity index (χ2n) is 8.62. The van der Waals surface area contributed by atoms with Crippen LogP contribution in [0.4, 0.5) is 17.4 Å². The van der Waals surface area contributed by atoms with E-state index < -0.39 is 5.91 Å². The number of hydrogen-bond donors (Lipinski definition) is 2. The highest BCUT2D eigenvalue weighted by atomic mass is 16.5. The molecular weight excluding hydrogens is 432 g/mol. The van der Waals surface area contributed by atoms with E-state index in [9.17, 15) is 9.59 Å². The third-order valence-corrected chi connectivity index (χ3v) is 6.43. The number of carbonyl (C=O) groups excluding carboxylic acids is 2. The maximum Gasteiger partial charge on any atom is 0.320 e. The molecule has 0 unspecified atom stereocenters. The van der Waals surface area contributed by atoms with Gasteiger partial charge in [0.2, 0.25) is 0 Å². The zero-order valence-electron chi connectivity index (χ0n) is 19.5. The highest BCUT2D eigenvalue weighted by Crippen LogP contribution is 2.37. The van der Waals surface area contributed by atoms with Crippen LogP contribution in [0, 0.1) is 5.92 Å². The van der Waals surface area contributed by atoms with Gasteiger partial charge >= 0.3 is 23.8 Å². The van der Waals surface area contributed by atoms with E-state index in [1.807, 2.05) is 48.5 Å². The Morgan fingerprint density at radius 1 is 1.03 bits per heavy atom. The van der Waals surface area contributed by atoms with Crippen LogP contribution in [-0.2, 0) is 16.0 Å². The van der Waals surface area contributed by atoms with Crippen molar-refractivity contribution in [2.75, 3.05) is 17.7 Å². The van der Waals surface area contributed by atoms with E-state index in [1.54, 1.807) is 0 Å². The monoisotopic (exact) mass is 462 g/mol. The largest absolute Gasteiger partial charge is 0.469 e.